The van der Waals surface area contributed by atoms with E-state index in [4.69, 9.17) is 0 Å². The molecule has 1 aliphatic rings. The van der Waals surface area contributed by atoms with Crippen LogP contribution in [-0.4, -0.2) is 37.6 Å². The average Bonchev–Trinajstić information content (AvgIpc) is 2.85. The van der Waals surface area contributed by atoms with Crippen LogP contribution in [0.5, 0.6) is 0 Å². The van der Waals surface area contributed by atoms with E-state index in [1.54, 1.807) is 0 Å². The molecule has 1 atom stereocenters. The van der Waals surface area contributed by atoms with E-state index >= 15 is 0 Å². The second-order valence-electron chi connectivity index (χ2n) is 5.74. The molecule has 100 valence electrons. The molecule has 2 nitrogen and oxygen atoms in total. The molecule has 1 unspecified atom stereocenters. The van der Waals surface area contributed by atoms with E-state index in [-0.39, 0.29) is 0 Å². The van der Waals surface area contributed by atoms with Gasteiger partial charge in [0.15, 0.2) is 0 Å². The highest BCUT2D eigenvalue weighted by Gasteiger charge is 2.18. The Bertz CT molecular complexity index is 406. The van der Waals surface area contributed by atoms with Crippen molar-refractivity contribution < 1.29 is 0 Å². The van der Waals surface area contributed by atoms with Crippen molar-refractivity contribution in [2.24, 2.45) is 0 Å². The Hall–Kier alpha value is -0.860. The molecule has 1 aromatic rings. The van der Waals surface area contributed by atoms with Crippen LogP contribution in [0.4, 0.5) is 0 Å². The highest BCUT2D eigenvalue weighted by Crippen LogP contribution is 2.16. The Labute approximate surface area is 111 Å². The SMILES string of the molecule is Cc1cc(C)c(CCN(C)C2CCNC2)cc1C. The van der Waals surface area contributed by atoms with Gasteiger partial charge in [0.2, 0.25) is 0 Å². The number of benzene rings is 1. The molecule has 0 aromatic heterocycles. The summed E-state index contributed by atoms with van der Waals surface area (Å²) in [6.07, 6.45) is 2.46. The molecule has 1 fully saturated rings. The summed E-state index contributed by atoms with van der Waals surface area (Å²) in [5, 5.41) is 3.44. The van der Waals surface area contributed by atoms with Crippen LogP contribution in [-0.2, 0) is 6.42 Å². The van der Waals surface area contributed by atoms with E-state index in [0.717, 1.165) is 19.1 Å². The molecule has 0 spiro atoms. The Morgan fingerprint density at radius 3 is 2.56 bits per heavy atom. The second kappa shape index (κ2) is 5.85. The number of rotatable bonds is 4. The largest absolute Gasteiger partial charge is 0.315 e. The minimum absolute atomic E-state index is 0.733. The van der Waals surface area contributed by atoms with Crippen LogP contribution in [0, 0.1) is 20.8 Å². The van der Waals surface area contributed by atoms with E-state index < -0.39 is 0 Å². The standard InChI is InChI=1S/C16H26N2/c1-12-9-14(3)15(10-13(12)2)6-8-18(4)16-5-7-17-11-16/h9-10,16-17H,5-8,11H2,1-4H3. The topological polar surface area (TPSA) is 15.3 Å². The fraction of sp³-hybridized carbons (Fsp3) is 0.625. The highest BCUT2D eigenvalue weighted by atomic mass is 15.2. The molecular formula is C16H26N2. The number of nitrogens with zero attached hydrogens (tertiary/aromatic N) is 1. The van der Waals surface area contributed by atoms with E-state index in [1.807, 2.05) is 0 Å². The summed E-state index contributed by atoms with van der Waals surface area (Å²) < 4.78 is 0. The van der Waals surface area contributed by atoms with E-state index in [2.05, 4.69) is 50.2 Å². The Balaban J connectivity index is 1.95. The first-order valence-corrected chi connectivity index (χ1v) is 7.05. The normalized spacial score (nSPS) is 19.7. The molecule has 0 aliphatic carbocycles. The maximum Gasteiger partial charge on any atom is 0.0229 e. The fourth-order valence-corrected chi connectivity index (χ4v) is 2.78. The summed E-state index contributed by atoms with van der Waals surface area (Å²) in [7, 11) is 2.26. The van der Waals surface area contributed by atoms with Gasteiger partial charge in [0, 0.05) is 19.1 Å². The first kappa shape index (κ1) is 13.6. The second-order valence-corrected chi connectivity index (χ2v) is 5.74. The molecule has 0 amide bonds. The summed E-state index contributed by atoms with van der Waals surface area (Å²) in [5.41, 5.74) is 5.78. The van der Waals surface area contributed by atoms with Gasteiger partial charge in [-0.05, 0) is 69.5 Å². The van der Waals surface area contributed by atoms with Crippen LogP contribution in [0.3, 0.4) is 0 Å². The highest BCUT2D eigenvalue weighted by molar-refractivity contribution is 5.36. The first-order valence-electron chi connectivity index (χ1n) is 7.05. The number of hydrogen-bond acceptors (Lipinski definition) is 2. The molecule has 1 saturated heterocycles. The van der Waals surface area contributed by atoms with Gasteiger partial charge in [-0.3, -0.25) is 0 Å². The first-order chi connectivity index (χ1) is 8.58. The minimum atomic E-state index is 0.733. The Morgan fingerprint density at radius 2 is 1.89 bits per heavy atom. The number of aryl methyl sites for hydroxylation is 3. The summed E-state index contributed by atoms with van der Waals surface area (Å²) in [5.74, 6) is 0. The van der Waals surface area contributed by atoms with Crippen molar-refractivity contribution in [1.29, 1.82) is 0 Å². The number of nitrogens with one attached hydrogen (secondary N) is 1. The third-order valence-electron chi connectivity index (χ3n) is 4.34. The van der Waals surface area contributed by atoms with Crippen LogP contribution < -0.4 is 5.32 Å². The van der Waals surface area contributed by atoms with E-state index in [0.29, 0.717) is 0 Å². The van der Waals surface area contributed by atoms with Gasteiger partial charge in [0.05, 0.1) is 0 Å². The van der Waals surface area contributed by atoms with Crippen molar-refractivity contribution in [2.45, 2.75) is 39.7 Å². The molecule has 18 heavy (non-hydrogen) atoms. The van der Waals surface area contributed by atoms with Gasteiger partial charge in [-0.1, -0.05) is 12.1 Å². The molecule has 1 heterocycles. The van der Waals surface area contributed by atoms with Crippen molar-refractivity contribution in [3.8, 4) is 0 Å². The predicted octanol–water partition coefficient (Wildman–Crippen LogP) is 2.45. The molecule has 1 aromatic carbocycles. The van der Waals surface area contributed by atoms with Crippen LogP contribution in [0.2, 0.25) is 0 Å². The lowest BCUT2D eigenvalue weighted by molar-refractivity contribution is 0.260. The molecule has 2 heteroatoms. The third-order valence-corrected chi connectivity index (χ3v) is 4.34. The zero-order valence-electron chi connectivity index (χ0n) is 12.2. The summed E-state index contributed by atoms with van der Waals surface area (Å²) >= 11 is 0. The predicted molar refractivity (Wildman–Crippen MR) is 78.3 cm³/mol. The van der Waals surface area contributed by atoms with Crippen LogP contribution >= 0.6 is 0 Å². The van der Waals surface area contributed by atoms with Gasteiger partial charge >= 0.3 is 0 Å². The number of likely N-dealkylation sites (N-methyl/N-ethyl adjacent to an activating group) is 1. The van der Waals surface area contributed by atoms with Gasteiger partial charge in [0.25, 0.3) is 0 Å². The lowest BCUT2D eigenvalue weighted by Crippen LogP contribution is -2.34. The third kappa shape index (κ3) is 3.12. The zero-order chi connectivity index (χ0) is 13.1. The minimum Gasteiger partial charge on any atom is -0.315 e. The van der Waals surface area contributed by atoms with Crippen molar-refractivity contribution >= 4 is 0 Å². The lowest BCUT2D eigenvalue weighted by Gasteiger charge is -2.23. The van der Waals surface area contributed by atoms with Gasteiger partial charge in [-0.2, -0.15) is 0 Å². The van der Waals surface area contributed by atoms with Gasteiger partial charge in [0.1, 0.15) is 0 Å². The fourth-order valence-electron chi connectivity index (χ4n) is 2.78. The van der Waals surface area contributed by atoms with E-state index in [1.165, 1.54) is 41.6 Å². The Morgan fingerprint density at radius 1 is 1.17 bits per heavy atom. The zero-order valence-corrected chi connectivity index (χ0v) is 12.2. The Kier molecular flexibility index (Phi) is 4.41. The van der Waals surface area contributed by atoms with Crippen molar-refractivity contribution in [3.05, 3.63) is 34.4 Å². The lowest BCUT2D eigenvalue weighted by atomic mass is 9.98. The molecule has 1 aliphatic heterocycles. The quantitative estimate of drug-likeness (QED) is 0.878. The molecule has 0 radical (unpaired) electrons. The molecule has 0 saturated carbocycles. The van der Waals surface area contributed by atoms with E-state index in [9.17, 15) is 0 Å². The number of hydrogen-bond donors (Lipinski definition) is 1. The average molecular weight is 246 g/mol. The van der Waals surface area contributed by atoms with Gasteiger partial charge in [-0.15, -0.1) is 0 Å². The monoisotopic (exact) mass is 246 g/mol. The maximum absolute atomic E-state index is 3.44. The van der Waals surface area contributed by atoms with Gasteiger partial charge in [-0.25, -0.2) is 0 Å². The smallest absolute Gasteiger partial charge is 0.0229 e. The molecular weight excluding hydrogens is 220 g/mol. The van der Waals surface area contributed by atoms with Crippen LogP contribution in [0.15, 0.2) is 12.1 Å². The van der Waals surface area contributed by atoms with Crippen molar-refractivity contribution in [2.75, 3.05) is 26.7 Å². The molecule has 2 rings (SSSR count). The molecule has 0 bridgehead atoms. The van der Waals surface area contributed by atoms with Crippen LogP contribution in [0.25, 0.3) is 0 Å². The van der Waals surface area contributed by atoms with Crippen molar-refractivity contribution in [1.82, 2.24) is 10.2 Å². The van der Waals surface area contributed by atoms with Crippen molar-refractivity contribution in [3.63, 3.8) is 0 Å². The van der Waals surface area contributed by atoms with Gasteiger partial charge < -0.3 is 10.2 Å². The summed E-state index contributed by atoms with van der Waals surface area (Å²) in [6.45, 7) is 10.1. The van der Waals surface area contributed by atoms with Crippen LogP contribution in [0.1, 0.15) is 28.7 Å². The summed E-state index contributed by atoms with van der Waals surface area (Å²) in [4.78, 5) is 2.51. The summed E-state index contributed by atoms with van der Waals surface area (Å²) in [6, 6.07) is 5.42. The molecule has 1 N–H and O–H groups in total. The maximum atomic E-state index is 3.44.